The molecule has 2 N–H and O–H groups in total. The second-order valence-corrected chi connectivity index (χ2v) is 5.86. The highest BCUT2D eigenvalue weighted by Crippen LogP contribution is 2.39. The van der Waals surface area contributed by atoms with E-state index in [1.807, 2.05) is 0 Å². The number of benzene rings is 1. The van der Waals surface area contributed by atoms with Gasteiger partial charge in [0.2, 0.25) is 0 Å². The summed E-state index contributed by atoms with van der Waals surface area (Å²) in [6.45, 7) is -1.07. The highest BCUT2D eigenvalue weighted by molar-refractivity contribution is 6.30. The van der Waals surface area contributed by atoms with E-state index >= 15 is 0 Å². The molecule has 10 heteroatoms. The number of ether oxygens (including phenoxy) is 1. The van der Waals surface area contributed by atoms with Crippen molar-refractivity contribution in [3.8, 4) is 22.5 Å². The molecular weight excluding hydrogens is 392 g/mol. The van der Waals surface area contributed by atoms with Crippen molar-refractivity contribution in [1.29, 1.82) is 0 Å². The van der Waals surface area contributed by atoms with Gasteiger partial charge < -0.3 is 10.5 Å². The number of rotatable bonds is 5. The highest BCUT2D eigenvalue weighted by Gasteiger charge is 2.25. The Balaban J connectivity index is 2.21. The van der Waals surface area contributed by atoms with Crippen LogP contribution >= 0.6 is 11.6 Å². The summed E-state index contributed by atoms with van der Waals surface area (Å²) in [5, 5.41) is 4.72. The average molecular weight is 406 g/mol. The van der Waals surface area contributed by atoms with Crippen molar-refractivity contribution in [3.63, 3.8) is 0 Å². The number of pyridine rings is 1. The Morgan fingerprint density at radius 2 is 2.04 bits per heavy atom. The fraction of sp³-hybridized carbons (Fsp3) is 0.111. The number of nitrogens with two attached hydrogens (primary N) is 1. The second kappa shape index (κ2) is 8.57. The first-order valence-corrected chi connectivity index (χ1v) is 8.39. The number of aliphatic imine (C=N–C) groups is 1. The van der Waals surface area contributed by atoms with Crippen LogP contribution in [0.5, 0.6) is 0 Å². The first kappa shape index (κ1) is 19.4. The minimum Gasteiger partial charge on any atom is -0.442 e. The fourth-order valence-corrected chi connectivity index (χ4v) is 2.61. The third-order valence-electron chi connectivity index (χ3n) is 3.60. The van der Waals surface area contributed by atoms with E-state index in [0.29, 0.717) is 27.5 Å². The number of nitrogens with zero attached hydrogens (tertiary/aromatic N) is 4. The summed E-state index contributed by atoms with van der Waals surface area (Å²) < 4.78 is 30.2. The Kier molecular flexibility index (Phi) is 5.95. The van der Waals surface area contributed by atoms with E-state index in [-0.39, 0.29) is 5.82 Å². The molecule has 0 bridgehead atoms. The van der Waals surface area contributed by atoms with E-state index in [1.165, 1.54) is 0 Å². The molecule has 0 aliphatic rings. The first-order chi connectivity index (χ1) is 13.5. The normalized spacial score (nSPS) is 11.3. The van der Waals surface area contributed by atoms with E-state index in [2.05, 4.69) is 19.8 Å². The Bertz CT molecular complexity index is 991. The molecule has 0 spiro atoms. The van der Waals surface area contributed by atoms with Gasteiger partial charge in [-0.05, 0) is 29.8 Å². The monoisotopic (exact) mass is 405 g/mol. The molecule has 0 radical (unpaired) electrons. The number of alkyl halides is 2. The van der Waals surface area contributed by atoms with Crippen molar-refractivity contribution < 1.29 is 18.3 Å². The summed E-state index contributed by atoms with van der Waals surface area (Å²) in [6, 6.07) is 11.9. The molecule has 2 heterocycles. The lowest BCUT2D eigenvalue weighted by molar-refractivity contribution is 0.0484. The molecule has 3 rings (SSSR count). The van der Waals surface area contributed by atoms with Gasteiger partial charge in [-0.25, -0.2) is 18.6 Å². The summed E-state index contributed by atoms with van der Waals surface area (Å²) in [5.74, 6) is 0.0183. The molecule has 0 unspecified atom stereocenters. The molecule has 7 nitrogen and oxygen atoms in total. The second-order valence-electron chi connectivity index (χ2n) is 5.43. The predicted molar refractivity (Wildman–Crippen MR) is 101 cm³/mol. The van der Waals surface area contributed by atoms with Crippen molar-refractivity contribution in [2.24, 2.45) is 10.7 Å². The summed E-state index contributed by atoms with van der Waals surface area (Å²) in [6.07, 6.45) is -1.40. The lowest BCUT2D eigenvalue weighted by Gasteiger charge is -2.06. The van der Waals surface area contributed by atoms with Crippen LogP contribution in [0.2, 0.25) is 5.02 Å². The minimum absolute atomic E-state index is 0.0183. The Labute approximate surface area is 163 Å². The van der Waals surface area contributed by atoms with Crippen LogP contribution < -0.4 is 5.73 Å². The van der Waals surface area contributed by atoms with Crippen LogP contribution in [0.15, 0.2) is 53.7 Å². The van der Waals surface area contributed by atoms with Crippen molar-refractivity contribution >= 4 is 29.9 Å². The molecule has 0 aliphatic carbocycles. The molecule has 144 valence electrons. The molecule has 0 saturated carbocycles. The van der Waals surface area contributed by atoms with E-state index in [0.717, 1.165) is 11.0 Å². The first-order valence-electron chi connectivity index (χ1n) is 8.01. The van der Waals surface area contributed by atoms with Crippen molar-refractivity contribution in [1.82, 2.24) is 14.8 Å². The van der Waals surface area contributed by atoms with Crippen LogP contribution in [-0.2, 0) is 4.74 Å². The van der Waals surface area contributed by atoms with Crippen LogP contribution in [0.4, 0.5) is 19.4 Å². The Morgan fingerprint density at radius 1 is 1.29 bits per heavy atom. The van der Waals surface area contributed by atoms with E-state index in [1.54, 1.807) is 48.7 Å². The summed E-state index contributed by atoms with van der Waals surface area (Å²) >= 11 is 5.96. The number of hydrogen-bond donors (Lipinski definition) is 1. The van der Waals surface area contributed by atoms with E-state index in [9.17, 15) is 13.6 Å². The molecule has 0 amide bonds. The Morgan fingerprint density at radius 3 is 2.64 bits per heavy atom. The van der Waals surface area contributed by atoms with Gasteiger partial charge in [-0.3, -0.25) is 4.98 Å². The average Bonchev–Trinajstić information content (AvgIpc) is 3.07. The van der Waals surface area contributed by atoms with Crippen molar-refractivity contribution in [2.45, 2.75) is 6.43 Å². The van der Waals surface area contributed by atoms with Crippen LogP contribution in [-0.4, -0.2) is 40.2 Å². The maximum Gasteiger partial charge on any atom is 0.436 e. The fourth-order valence-electron chi connectivity index (χ4n) is 2.49. The summed E-state index contributed by atoms with van der Waals surface area (Å²) in [7, 11) is 0. The van der Waals surface area contributed by atoms with Gasteiger partial charge in [-0.1, -0.05) is 29.8 Å². The van der Waals surface area contributed by atoms with Crippen molar-refractivity contribution in [3.05, 3.63) is 53.7 Å². The zero-order chi connectivity index (χ0) is 20.1. The molecule has 1 aromatic carbocycles. The minimum atomic E-state index is -2.81. The highest BCUT2D eigenvalue weighted by atomic mass is 35.5. The number of aromatic nitrogens is 3. The molecule has 0 fully saturated rings. The standard InChI is InChI=1S/C18H14ClF2N5O2/c19-12-6-4-11(5-7-12)15-16(13-3-1-2-8-23-13)25-26(17(15)24-10-22)18(27)28-9-14(20)21/h1-8,10,14H,9H2,(H2,22,24). The van der Waals surface area contributed by atoms with Gasteiger partial charge >= 0.3 is 6.09 Å². The van der Waals surface area contributed by atoms with Crippen LogP contribution in [0.1, 0.15) is 0 Å². The van der Waals surface area contributed by atoms with E-state index in [4.69, 9.17) is 17.3 Å². The molecule has 0 atom stereocenters. The summed E-state index contributed by atoms with van der Waals surface area (Å²) in [4.78, 5) is 20.6. The van der Waals surface area contributed by atoms with Gasteiger partial charge in [0.15, 0.2) is 12.4 Å². The number of carbonyl (C=O) groups excluding carboxylic acids is 1. The lowest BCUT2D eigenvalue weighted by atomic mass is 10.0. The van der Waals surface area contributed by atoms with Crippen LogP contribution in [0.3, 0.4) is 0 Å². The van der Waals surface area contributed by atoms with Gasteiger partial charge in [-0.15, -0.1) is 4.68 Å². The van der Waals surface area contributed by atoms with Gasteiger partial charge in [0, 0.05) is 11.2 Å². The van der Waals surface area contributed by atoms with Gasteiger partial charge in [-0.2, -0.15) is 5.10 Å². The largest absolute Gasteiger partial charge is 0.442 e. The number of hydrogen-bond acceptors (Lipinski definition) is 5. The molecule has 0 saturated heterocycles. The lowest BCUT2D eigenvalue weighted by Crippen LogP contribution is -2.18. The third kappa shape index (κ3) is 4.15. The zero-order valence-corrected chi connectivity index (χ0v) is 15.1. The van der Waals surface area contributed by atoms with E-state index < -0.39 is 19.1 Å². The van der Waals surface area contributed by atoms with Gasteiger partial charge in [0.25, 0.3) is 6.43 Å². The number of halogens is 3. The molecule has 28 heavy (non-hydrogen) atoms. The number of carbonyl (C=O) groups is 1. The predicted octanol–water partition coefficient (Wildman–Crippen LogP) is 4.13. The van der Waals surface area contributed by atoms with Gasteiger partial charge in [0.1, 0.15) is 5.69 Å². The molecule has 3 aromatic rings. The molecule has 2 aromatic heterocycles. The smallest absolute Gasteiger partial charge is 0.436 e. The SMILES string of the molecule is N/C=N\c1c(-c2ccc(Cl)cc2)c(-c2ccccn2)nn1C(=O)OCC(F)F. The quantitative estimate of drug-likeness (QED) is 0.508. The maximum absolute atomic E-state index is 12.4. The van der Waals surface area contributed by atoms with Crippen LogP contribution in [0.25, 0.3) is 22.5 Å². The Hall–Kier alpha value is -3.33. The molecular formula is C18H14ClF2N5O2. The topological polar surface area (TPSA) is 95.4 Å². The third-order valence-corrected chi connectivity index (χ3v) is 3.86. The van der Waals surface area contributed by atoms with Crippen LogP contribution in [0, 0.1) is 0 Å². The van der Waals surface area contributed by atoms with Gasteiger partial charge in [0.05, 0.1) is 17.6 Å². The van der Waals surface area contributed by atoms with Crippen molar-refractivity contribution in [2.75, 3.05) is 6.61 Å². The maximum atomic E-state index is 12.4. The summed E-state index contributed by atoms with van der Waals surface area (Å²) in [5.41, 5.74) is 7.22. The molecule has 0 aliphatic heterocycles. The zero-order valence-electron chi connectivity index (χ0n) is 14.3.